The fourth-order valence-electron chi connectivity index (χ4n) is 0.586. The third-order valence-electron chi connectivity index (χ3n) is 1.14. The maximum Gasteiger partial charge on any atom is 0.308 e. The van der Waals surface area contributed by atoms with Crippen LogP contribution in [0.2, 0.25) is 0 Å². The molecule has 0 radical (unpaired) electrons. The van der Waals surface area contributed by atoms with Crippen LogP contribution in [0.4, 0.5) is 0 Å². The lowest BCUT2D eigenvalue weighted by Gasteiger charge is -2.11. The van der Waals surface area contributed by atoms with Gasteiger partial charge < -0.3 is 4.74 Å². The van der Waals surface area contributed by atoms with Crippen LogP contribution >= 0.6 is 0 Å². The quantitative estimate of drug-likeness (QED) is 0.299. The van der Waals surface area contributed by atoms with Crippen LogP contribution < -0.4 is 5.90 Å². The van der Waals surface area contributed by atoms with E-state index < -0.39 is 6.29 Å². The van der Waals surface area contributed by atoms with Gasteiger partial charge in [-0.2, -0.15) is 0 Å². The predicted octanol–water partition coefficient (Wildman–Crippen LogP) is 1.12. The Kier molecular flexibility index (Phi) is 5.32. The van der Waals surface area contributed by atoms with E-state index in [9.17, 15) is 4.79 Å². The van der Waals surface area contributed by atoms with E-state index in [4.69, 9.17) is 10.6 Å². The van der Waals surface area contributed by atoms with Crippen LogP contribution in [-0.4, -0.2) is 12.3 Å². The number of carbonyl (C=O) groups excluding carboxylic acids is 1. The monoisotopic (exact) mass is 173 g/mol. The molecule has 1 unspecified atom stereocenters. The van der Waals surface area contributed by atoms with Gasteiger partial charge in [-0.3, -0.25) is 9.63 Å². The summed E-state index contributed by atoms with van der Waals surface area (Å²) < 4.78 is 4.80. The lowest BCUT2D eigenvalue weighted by Crippen LogP contribution is -2.22. The zero-order valence-electron chi connectivity index (χ0n) is 7.66. The van der Waals surface area contributed by atoms with Crippen LogP contribution in [0.5, 0.6) is 0 Å². The van der Waals surface area contributed by atoms with Crippen molar-refractivity contribution >= 4 is 5.97 Å². The minimum absolute atomic E-state index is 0.316. The van der Waals surface area contributed by atoms with Gasteiger partial charge in [-0.15, -0.1) is 0 Å². The fourth-order valence-corrected chi connectivity index (χ4v) is 0.586. The van der Waals surface area contributed by atoms with Gasteiger partial charge in [0.25, 0.3) is 0 Å². The number of allylic oxidation sites excluding steroid dienone is 1. The molecular formula is C8H15NO3. The molecule has 0 heterocycles. The van der Waals surface area contributed by atoms with Crippen molar-refractivity contribution in [2.24, 2.45) is 5.90 Å². The standard InChI is InChI=1S/C8H15NO3/c1-4-7(10)11-8(12-9)5-6(2)3/h5,8H,4,9H2,1-3H3. The van der Waals surface area contributed by atoms with Crippen molar-refractivity contribution in [1.82, 2.24) is 0 Å². The van der Waals surface area contributed by atoms with Gasteiger partial charge in [0.05, 0.1) is 0 Å². The van der Waals surface area contributed by atoms with Gasteiger partial charge in [-0.1, -0.05) is 12.5 Å². The summed E-state index contributed by atoms with van der Waals surface area (Å²) in [6.45, 7) is 5.44. The largest absolute Gasteiger partial charge is 0.430 e. The number of hydrogen-bond donors (Lipinski definition) is 1. The molecule has 0 spiro atoms. The zero-order valence-corrected chi connectivity index (χ0v) is 7.66. The molecule has 0 saturated heterocycles. The number of ether oxygens (including phenoxy) is 1. The first kappa shape index (κ1) is 11.1. The average Bonchev–Trinajstić information content (AvgIpc) is 2.02. The summed E-state index contributed by atoms with van der Waals surface area (Å²) in [5, 5.41) is 0. The second-order valence-electron chi connectivity index (χ2n) is 2.59. The summed E-state index contributed by atoms with van der Waals surface area (Å²) >= 11 is 0. The molecule has 12 heavy (non-hydrogen) atoms. The molecule has 2 N–H and O–H groups in total. The van der Waals surface area contributed by atoms with E-state index in [0.29, 0.717) is 6.42 Å². The van der Waals surface area contributed by atoms with Crippen molar-refractivity contribution in [3.05, 3.63) is 11.6 Å². The van der Waals surface area contributed by atoms with E-state index in [-0.39, 0.29) is 5.97 Å². The average molecular weight is 173 g/mol. The summed E-state index contributed by atoms with van der Waals surface area (Å²) in [5.74, 6) is 4.57. The minimum Gasteiger partial charge on any atom is -0.430 e. The molecule has 0 fully saturated rings. The maximum atomic E-state index is 10.8. The van der Waals surface area contributed by atoms with E-state index in [1.807, 2.05) is 13.8 Å². The highest BCUT2D eigenvalue weighted by molar-refractivity contribution is 5.69. The molecule has 1 atom stereocenters. The highest BCUT2D eigenvalue weighted by atomic mass is 16.8. The molecule has 0 aliphatic carbocycles. The molecule has 0 aromatic rings. The number of rotatable bonds is 4. The van der Waals surface area contributed by atoms with Crippen molar-refractivity contribution in [2.75, 3.05) is 0 Å². The second-order valence-corrected chi connectivity index (χ2v) is 2.59. The summed E-state index contributed by atoms with van der Waals surface area (Å²) in [4.78, 5) is 15.2. The van der Waals surface area contributed by atoms with Crippen molar-refractivity contribution in [1.29, 1.82) is 0 Å². The molecule has 4 nitrogen and oxygen atoms in total. The normalized spacial score (nSPS) is 12.0. The Bertz CT molecular complexity index is 173. The molecule has 4 heteroatoms. The molecule has 0 aromatic carbocycles. The third kappa shape index (κ3) is 4.87. The molecule has 0 bridgehead atoms. The first-order valence-corrected chi connectivity index (χ1v) is 3.80. The predicted molar refractivity (Wildman–Crippen MR) is 44.9 cm³/mol. The Labute approximate surface area is 72.3 Å². The number of hydrogen-bond acceptors (Lipinski definition) is 4. The Balaban J connectivity index is 4.00. The van der Waals surface area contributed by atoms with Crippen LogP contribution in [0.15, 0.2) is 11.6 Å². The van der Waals surface area contributed by atoms with Gasteiger partial charge in [-0.05, 0) is 19.9 Å². The van der Waals surface area contributed by atoms with Crippen molar-refractivity contribution in [3.63, 3.8) is 0 Å². The smallest absolute Gasteiger partial charge is 0.308 e. The van der Waals surface area contributed by atoms with E-state index in [2.05, 4.69) is 4.84 Å². The second kappa shape index (κ2) is 5.74. The highest BCUT2D eigenvalue weighted by Crippen LogP contribution is 2.00. The first-order chi connectivity index (χ1) is 5.60. The molecule has 0 saturated carbocycles. The number of esters is 1. The lowest BCUT2D eigenvalue weighted by molar-refractivity contribution is -0.169. The van der Waals surface area contributed by atoms with Crippen LogP contribution in [0.25, 0.3) is 0 Å². The number of nitrogens with two attached hydrogens (primary N) is 1. The van der Waals surface area contributed by atoms with Gasteiger partial charge in [0, 0.05) is 6.42 Å². The van der Waals surface area contributed by atoms with Crippen LogP contribution in [-0.2, 0) is 14.4 Å². The van der Waals surface area contributed by atoms with Gasteiger partial charge in [-0.25, -0.2) is 5.90 Å². The van der Waals surface area contributed by atoms with Crippen molar-refractivity contribution in [3.8, 4) is 0 Å². The van der Waals surface area contributed by atoms with Crippen LogP contribution in [0.3, 0.4) is 0 Å². The van der Waals surface area contributed by atoms with E-state index in [1.165, 1.54) is 0 Å². The summed E-state index contributed by atoms with van der Waals surface area (Å²) in [7, 11) is 0. The Morgan fingerprint density at radius 2 is 2.17 bits per heavy atom. The van der Waals surface area contributed by atoms with Gasteiger partial charge >= 0.3 is 5.97 Å². The molecule has 0 aliphatic rings. The summed E-state index contributed by atoms with van der Waals surface area (Å²) in [6.07, 6.45) is 1.19. The summed E-state index contributed by atoms with van der Waals surface area (Å²) in [6, 6.07) is 0. The highest BCUT2D eigenvalue weighted by Gasteiger charge is 2.08. The Hall–Kier alpha value is -0.870. The molecule has 0 aromatic heterocycles. The van der Waals surface area contributed by atoms with Gasteiger partial charge in [0.1, 0.15) is 0 Å². The number of carbonyl (C=O) groups is 1. The SMILES string of the molecule is CCC(=O)OC(C=C(C)C)ON. The van der Waals surface area contributed by atoms with Gasteiger partial charge in [0.15, 0.2) is 0 Å². The van der Waals surface area contributed by atoms with E-state index >= 15 is 0 Å². The van der Waals surface area contributed by atoms with Crippen LogP contribution in [0.1, 0.15) is 27.2 Å². The van der Waals surface area contributed by atoms with E-state index in [1.54, 1.807) is 13.0 Å². The zero-order chi connectivity index (χ0) is 9.56. The van der Waals surface area contributed by atoms with Crippen molar-refractivity contribution < 1.29 is 14.4 Å². The molecular weight excluding hydrogens is 158 g/mol. The molecule has 70 valence electrons. The minimum atomic E-state index is -0.762. The third-order valence-corrected chi connectivity index (χ3v) is 1.14. The van der Waals surface area contributed by atoms with Crippen LogP contribution in [0, 0.1) is 0 Å². The first-order valence-electron chi connectivity index (χ1n) is 3.80. The fraction of sp³-hybridized carbons (Fsp3) is 0.625. The lowest BCUT2D eigenvalue weighted by atomic mass is 10.3. The topological polar surface area (TPSA) is 61.5 Å². The molecule has 0 aliphatic heterocycles. The van der Waals surface area contributed by atoms with E-state index in [0.717, 1.165) is 5.57 Å². The Morgan fingerprint density at radius 1 is 1.58 bits per heavy atom. The Morgan fingerprint density at radius 3 is 2.50 bits per heavy atom. The molecule has 0 amide bonds. The van der Waals surface area contributed by atoms with Gasteiger partial charge in [0.2, 0.25) is 6.29 Å². The molecule has 0 rings (SSSR count). The maximum absolute atomic E-state index is 10.8. The van der Waals surface area contributed by atoms with Crippen molar-refractivity contribution in [2.45, 2.75) is 33.5 Å². The summed E-state index contributed by atoms with van der Waals surface area (Å²) in [5.41, 5.74) is 0.981.